The van der Waals surface area contributed by atoms with E-state index in [9.17, 15) is 4.79 Å². The number of hydrogen-bond acceptors (Lipinski definition) is 5. The van der Waals surface area contributed by atoms with Gasteiger partial charge in [-0.15, -0.1) is 0 Å². The minimum absolute atomic E-state index is 0.160. The minimum Gasteiger partial charge on any atom is -0.472 e. The minimum atomic E-state index is -0.160. The lowest BCUT2D eigenvalue weighted by Crippen LogP contribution is -2.45. The molecule has 0 saturated carbocycles. The molecule has 6 nitrogen and oxygen atoms in total. The average molecular weight is 313 g/mol. The molecule has 1 aromatic rings. The van der Waals surface area contributed by atoms with Gasteiger partial charge < -0.3 is 19.8 Å². The molecule has 2 amide bonds. The topological polar surface area (TPSA) is 66.7 Å². The van der Waals surface area contributed by atoms with E-state index in [1.807, 2.05) is 17.8 Å². The van der Waals surface area contributed by atoms with Gasteiger partial charge in [-0.25, -0.2) is 4.79 Å². The van der Waals surface area contributed by atoms with Crippen molar-refractivity contribution in [1.82, 2.24) is 15.5 Å². The Kier molecular flexibility index (Phi) is 6.91. The highest BCUT2D eigenvalue weighted by molar-refractivity contribution is 7.99. The zero-order chi connectivity index (χ0) is 14.9. The molecule has 1 saturated heterocycles. The van der Waals surface area contributed by atoms with E-state index in [1.54, 1.807) is 19.6 Å². The Labute approximate surface area is 129 Å². The third-order valence-electron chi connectivity index (χ3n) is 3.46. The number of urea groups is 1. The smallest absolute Gasteiger partial charge is 0.314 e. The van der Waals surface area contributed by atoms with E-state index in [0.717, 1.165) is 30.2 Å². The standard InChI is InChI=1S/C14H23N3O3S/c1-19-7-3-15-14(18)16-10-13(12-2-6-20-11-12)17-4-8-21-9-5-17/h2,6,11,13H,3-5,7-10H2,1H3,(H2,15,16,18)/t13-/m0/s1. The summed E-state index contributed by atoms with van der Waals surface area (Å²) < 4.78 is 10.1. The summed E-state index contributed by atoms with van der Waals surface area (Å²) in [5, 5.41) is 5.70. The first-order valence-electron chi connectivity index (χ1n) is 7.16. The number of hydrogen-bond donors (Lipinski definition) is 2. The van der Waals surface area contributed by atoms with Crippen LogP contribution in [0.4, 0.5) is 4.79 Å². The number of rotatable bonds is 7. The predicted octanol–water partition coefficient (Wildman–Crippen LogP) is 1.32. The van der Waals surface area contributed by atoms with Crippen LogP contribution in [0.3, 0.4) is 0 Å². The summed E-state index contributed by atoms with van der Waals surface area (Å²) in [6.07, 6.45) is 3.44. The highest BCUT2D eigenvalue weighted by atomic mass is 32.2. The van der Waals surface area contributed by atoms with Crippen molar-refractivity contribution < 1.29 is 13.9 Å². The molecule has 1 atom stereocenters. The molecule has 2 N–H and O–H groups in total. The SMILES string of the molecule is COCCNC(=O)NC[C@@H](c1ccoc1)N1CCSCC1. The Morgan fingerprint density at radius 2 is 2.29 bits per heavy atom. The maximum atomic E-state index is 11.8. The maximum absolute atomic E-state index is 11.8. The molecule has 1 fully saturated rings. The van der Waals surface area contributed by atoms with Crippen molar-refractivity contribution in [2.45, 2.75) is 6.04 Å². The van der Waals surface area contributed by atoms with Crippen LogP contribution in [0.25, 0.3) is 0 Å². The van der Waals surface area contributed by atoms with Crippen LogP contribution in [-0.4, -0.2) is 62.3 Å². The van der Waals surface area contributed by atoms with Gasteiger partial charge in [0.15, 0.2) is 0 Å². The zero-order valence-electron chi connectivity index (χ0n) is 12.3. The van der Waals surface area contributed by atoms with Crippen LogP contribution in [0.1, 0.15) is 11.6 Å². The maximum Gasteiger partial charge on any atom is 0.314 e. The van der Waals surface area contributed by atoms with Crippen LogP contribution in [-0.2, 0) is 4.74 Å². The predicted molar refractivity (Wildman–Crippen MR) is 83.6 cm³/mol. The van der Waals surface area contributed by atoms with Gasteiger partial charge in [-0.2, -0.15) is 11.8 Å². The fourth-order valence-corrected chi connectivity index (χ4v) is 3.26. The number of carbonyl (C=O) groups is 1. The fourth-order valence-electron chi connectivity index (χ4n) is 2.33. The molecule has 0 spiro atoms. The number of thioether (sulfide) groups is 1. The lowest BCUT2D eigenvalue weighted by molar-refractivity contribution is 0.191. The number of nitrogens with one attached hydrogen (secondary N) is 2. The van der Waals surface area contributed by atoms with Crippen molar-refractivity contribution in [2.75, 3.05) is 51.4 Å². The third kappa shape index (κ3) is 5.26. The lowest BCUT2D eigenvalue weighted by atomic mass is 10.1. The summed E-state index contributed by atoms with van der Waals surface area (Å²) in [6.45, 7) is 3.67. The Bertz CT molecular complexity index is 408. The molecule has 2 rings (SSSR count). The molecular formula is C14H23N3O3S. The van der Waals surface area contributed by atoms with Crippen LogP contribution in [0.5, 0.6) is 0 Å². The van der Waals surface area contributed by atoms with Crippen molar-refractivity contribution in [2.24, 2.45) is 0 Å². The van der Waals surface area contributed by atoms with Crippen LogP contribution < -0.4 is 10.6 Å². The van der Waals surface area contributed by atoms with Gasteiger partial charge in [0.2, 0.25) is 0 Å². The van der Waals surface area contributed by atoms with Gasteiger partial charge in [0, 0.05) is 50.4 Å². The summed E-state index contributed by atoms with van der Waals surface area (Å²) in [6, 6.07) is 1.97. The van der Waals surface area contributed by atoms with E-state index >= 15 is 0 Å². The van der Waals surface area contributed by atoms with Crippen molar-refractivity contribution in [1.29, 1.82) is 0 Å². The summed E-state index contributed by atoms with van der Waals surface area (Å²) in [5.41, 5.74) is 1.11. The monoisotopic (exact) mass is 313 g/mol. The fraction of sp³-hybridized carbons (Fsp3) is 0.643. The number of furan rings is 1. The quantitative estimate of drug-likeness (QED) is 0.743. The molecule has 1 aromatic heterocycles. The van der Waals surface area contributed by atoms with Crippen LogP contribution in [0.15, 0.2) is 23.0 Å². The van der Waals surface area contributed by atoms with E-state index in [2.05, 4.69) is 15.5 Å². The molecule has 21 heavy (non-hydrogen) atoms. The number of amides is 2. The van der Waals surface area contributed by atoms with Gasteiger partial charge in [0.05, 0.1) is 25.2 Å². The molecule has 0 unspecified atom stereocenters. The molecule has 1 aliphatic rings. The van der Waals surface area contributed by atoms with Crippen LogP contribution in [0.2, 0.25) is 0 Å². The lowest BCUT2D eigenvalue weighted by Gasteiger charge is -2.33. The molecule has 7 heteroatoms. The highest BCUT2D eigenvalue weighted by Crippen LogP contribution is 2.23. The number of ether oxygens (including phenoxy) is 1. The Morgan fingerprint density at radius 1 is 1.48 bits per heavy atom. The molecule has 1 aliphatic heterocycles. The Hall–Kier alpha value is -1.18. The first kappa shape index (κ1) is 16.2. The van der Waals surface area contributed by atoms with Gasteiger partial charge in [-0.05, 0) is 6.07 Å². The summed E-state index contributed by atoms with van der Waals surface area (Å²) in [5.74, 6) is 2.27. The number of methoxy groups -OCH3 is 1. The van der Waals surface area contributed by atoms with Gasteiger partial charge in [0.25, 0.3) is 0 Å². The largest absolute Gasteiger partial charge is 0.472 e. The van der Waals surface area contributed by atoms with Crippen LogP contribution in [0, 0.1) is 0 Å². The molecule has 0 aliphatic carbocycles. The van der Waals surface area contributed by atoms with E-state index < -0.39 is 0 Å². The van der Waals surface area contributed by atoms with Gasteiger partial charge in [-0.3, -0.25) is 4.90 Å². The number of carbonyl (C=O) groups excluding carboxylic acids is 1. The van der Waals surface area contributed by atoms with Crippen molar-refractivity contribution in [3.63, 3.8) is 0 Å². The second-order valence-corrected chi connectivity index (χ2v) is 6.08. The Morgan fingerprint density at radius 3 is 2.95 bits per heavy atom. The summed E-state index contributed by atoms with van der Waals surface area (Å²) in [4.78, 5) is 14.2. The second kappa shape index (κ2) is 8.96. The first-order chi connectivity index (χ1) is 10.3. The zero-order valence-corrected chi connectivity index (χ0v) is 13.2. The average Bonchev–Trinajstić information content (AvgIpc) is 3.03. The van der Waals surface area contributed by atoms with Crippen molar-refractivity contribution >= 4 is 17.8 Å². The van der Waals surface area contributed by atoms with E-state index in [-0.39, 0.29) is 12.1 Å². The van der Waals surface area contributed by atoms with Gasteiger partial charge in [-0.1, -0.05) is 0 Å². The van der Waals surface area contributed by atoms with Gasteiger partial charge in [0.1, 0.15) is 0 Å². The van der Waals surface area contributed by atoms with E-state index in [4.69, 9.17) is 9.15 Å². The molecular weight excluding hydrogens is 290 g/mol. The van der Waals surface area contributed by atoms with Crippen LogP contribution >= 0.6 is 11.8 Å². The number of nitrogens with zero attached hydrogens (tertiary/aromatic N) is 1. The van der Waals surface area contributed by atoms with E-state index in [1.165, 1.54) is 0 Å². The summed E-state index contributed by atoms with van der Waals surface area (Å²) >= 11 is 1.97. The van der Waals surface area contributed by atoms with Crippen molar-refractivity contribution in [3.05, 3.63) is 24.2 Å². The molecule has 2 heterocycles. The highest BCUT2D eigenvalue weighted by Gasteiger charge is 2.23. The molecule has 0 radical (unpaired) electrons. The third-order valence-corrected chi connectivity index (χ3v) is 4.40. The molecule has 0 bridgehead atoms. The first-order valence-corrected chi connectivity index (χ1v) is 8.31. The molecule has 118 valence electrons. The second-order valence-electron chi connectivity index (χ2n) is 4.85. The van der Waals surface area contributed by atoms with Gasteiger partial charge >= 0.3 is 6.03 Å². The Balaban J connectivity index is 1.86. The van der Waals surface area contributed by atoms with E-state index in [0.29, 0.717) is 19.7 Å². The molecule has 0 aromatic carbocycles. The van der Waals surface area contributed by atoms with Crippen molar-refractivity contribution in [3.8, 4) is 0 Å². The normalized spacial score (nSPS) is 17.4. The summed E-state index contributed by atoms with van der Waals surface area (Å²) in [7, 11) is 1.61.